The lowest BCUT2D eigenvalue weighted by atomic mass is 9.72. The number of fused-ring (bicyclic) bond motifs is 1. The number of phenols is 2. The molecular formula is C25H22O6. The molecule has 1 aliphatic heterocycles. The number of aryl methyl sites for hydroxylation is 4. The third kappa shape index (κ3) is 2.86. The first-order valence-electron chi connectivity index (χ1n) is 9.79. The van der Waals surface area contributed by atoms with E-state index in [0.29, 0.717) is 33.4 Å². The topological polar surface area (TPSA) is 104 Å². The van der Waals surface area contributed by atoms with Crippen molar-refractivity contribution in [3.8, 4) is 11.5 Å². The zero-order chi connectivity index (χ0) is 22.7. The summed E-state index contributed by atoms with van der Waals surface area (Å²) in [5, 5.41) is 30.2. The fourth-order valence-electron chi connectivity index (χ4n) is 4.99. The van der Waals surface area contributed by atoms with E-state index >= 15 is 0 Å². The highest BCUT2D eigenvalue weighted by atomic mass is 16.6. The Morgan fingerprint density at radius 3 is 1.68 bits per heavy atom. The van der Waals surface area contributed by atoms with Gasteiger partial charge < -0.3 is 20.1 Å². The van der Waals surface area contributed by atoms with Crippen molar-refractivity contribution in [2.45, 2.75) is 33.3 Å². The molecule has 0 aromatic heterocycles. The maximum Gasteiger partial charge on any atom is 0.340 e. The molecule has 0 aliphatic carbocycles. The van der Waals surface area contributed by atoms with Crippen molar-refractivity contribution in [1.82, 2.24) is 0 Å². The number of esters is 1. The zero-order valence-electron chi connectivity index (χ0n) is 17.6. The SMILES string of the molecule is Cc1cc(O)cc(C)c1C1(c2c(C)cc(O)cc2C)OC(=O)c2cccc(C(=O)O)c21. The summed E-state index contributed by atoms with van der Waals surface area (Å²) in [4.78, 5) is 25.3. The number of hydrogen-bond acceptors (Lipinski definition) is 5. The highest BCUT2D eigenvalue weighted by molar-refractivity contribution is 6.02. The molecule has 0 fully saturated rings. The van der Waals surface area contributed by atoms with Gasteiger partial charge in [0.05, 0.1) is 11.1 Å². The molecule has 0 bridgehead atoms. The van der Waals surface area contributed by atoms with Gasteiger partial charge in [-0.3, -0.25) is 0 Å². The molecule has 4 rings (SSSR count). The Balaban J connectivity index is 2.27. The number of hydrogen-bond donors (Lipinski definition) is 3. The highest BCUT2D eigenvalue weighted by Crippen LogP contribution is 2.52. The van der Waals surface area contributed by atoms with Crippen molar-refractivity contribution in [2.24, 2.45) is 0 Å². The van der Waals surface area contributed by atoms with Gasteiger partial charge in [0.1, 0.15) is 11.5 Å². The van der Waals surface area contributed by atoms with E-state index in [1.165, 1.54) is 12.1 Å². The summed E-state index contributed by atoms with van der Waals surface area (Å²) in [7, 11) is 0. The van der Waals surface area contributed by atoms with Gasteiger partial charge in [0, 0.05) is 16.7 Å². The van der Waals surface area contributed by atoms with Gasteiger partial charge in [0.25, 0.3) is 0 Å². The second-order valence-corrected chi connectivity index (χ2v) is 8.01. The first-order chi connectivity index (χ1) is 14.6. The first-order valence-corrected chi connectivity index (χ1v) is 9.79. The van der Waals surface area contributed by atoms with Crippen molar-refractivity contribution < 1.29 is 29.6 Å². The molecule has 31 heavy (non-hydrogen) atoms. The molecule has 158 valence electrons. The lowest BCUT2D eigenvalue weighted by Gasteiger charge is -2.36. The Labute approximate surface area is 179 Å². The largest absolute Gasteiger partial charge is 0.508 e. The Morgan fingerprint density at radius 1 is 0.806 bits per heavy atom. The van der Waals surface area contributed by atoms with Crippen LogP contribution in [0.25, 0.3) is 0 Å². The molecule has 0 saturated carbocycles. The number of cyclic esters (lactones) is 1. The van der Waals surface area contributed by atoms with Crippen LogP contribution in [0.1, 0.15) is 59.7 Å². The minimum atomic E-state index is -1.55. The first kappa shape index (κ1) is 20.5. The second-order valence-electron chi connectivity index (χ2n) is 8.01. The molecule has 0 amide bonds. The third-order valence-corrected chi connectivity index (χ3v) is 5.85. The number of benzene rings is 3. The Kier molecular flexibility index (Phi) is 4.54. The Morgan fingerprint density at radius 2 is 1.26 bits per heavy atom. The number of aromatic carboxylic acids is 1. The number of phenolic OH excluding ortho intramolecular Hbond substituents is 2. The number of rotatable bonds is 3. The van der Waals surface area contributed by atoms with E-state index in [-0.39, 0.29) is 28.2 Å². The number of aromatic hydroxyl groups is 2. The zero-order valence-corrected chi connectivity index (χ0v) is 17.6. The van der Waals surface area contributed by atoms with Gasteiger partial charge in [-0.2, -0.15) is 0 Å². The van der Waals surface area contributed by atoms with Gasteiger partial charge in [0.2, 0.25) is 0 Å². The predicted octanol–water partition coefficient (Wildman–Crippen LogP) is 4.49. The quantitative estimate of drug-likeness (QED) is 0.542. The monoisotopic (exact) mass is 418 g/mol. The van der Waals surface area contributed by atoms with Crippen LogP contribution in [0.3, 0.4) is 0 Å². The van der Waals surface area contributed by atoms with E-state index < -0.39 is 17.5 Å². The average molecular weight is 418 g/mol. The van der Waals surface area contributed by atoms with Gasteiger partial charge in [-0.05, 0) is 86.3 Å². The molecule has 0 atom stereocenters. The smallest absolute Gasteiger partial charge is 0.340 e. The fraction of sp³-hybridized carbons (Fsp3) is 0.200. The van der Waals surface area contributed by atoms with Gasteiger partial charge >= 0.3 is 11.9 Å². The summed E-state index contributed by atoms with van der Waals surface area (Å²) in [5.74, 6) is -1.69. The number of carbonyl (C=O) groups is 2. The number of carboxylic acid groups (broad SMARTS) is 1. The van der Waals surface area contributed by atoms with Crippen molar-refractivity contribution in [1.29, 1.82) is 0 Å². The van der Waals surface area contributed by atoms with E-state index in [0.717, 1.165) is 0 Å². The fourth-order valence-corrected chi connectivity index (χ4v) is 4.99. The standard InChI is InChI=1S/C25H22O6/c1-12-8-16(26)9-13(2)20(12)25(21-14(3)10-17(27)11-15(21)4)22-18(23(28)29)6-5-7-19(22)24(30)31-25/h5-11,26-27H,1-4H3,(H,28,29). The van der Waals surface area contributed by atoms with Crippen molar-refractivity contribution >= 4 is 11.9 Å². The maximum atomic E-state index is 13.1. The Bertz CT molecular complexity index is 1170. The molecule has 1 aliphatic rings. The van der Waals surface area contributed by atoms with E-state index in [4.69, 9.17) is 4.74 Å². The van der Waals surface area contributed by atoms with Gasteiger partial charge in [-0.1, -0.05) is 6.07 Å². The van der Waals surface area contributed by atoms with Crippen LogP contribution in [0.15, 0.2) is 42.5 Å². The van der Waals surface area contributed by atoms with Crippen LogP contribution >= 0.6 is 0 Å². The van der Waals surface area contributed by atoms with E-state index in [1.807, 2.05) is 0 Å². The summed E-state index contributed by atoms with van der Waals surface area (Å²) in [6.07, 6.45) is 0. The number of carbonyl (C=O) groups excluding carboxylic acids is 1. The molecule has 6 nitrogen and oxygen atoms in total. The summed E-state index contributed by atoms with van der Waals surface area (Å²) in [6.45, 7) is 7.13. The molecule has 3 N–H and O–H groups in total. The summed E-state index contributed by atoms with van der Waals surface area (Å²) < 4.78 is 6.12. The molecular weight excluding hydrogens is 396 g/mol. The summed E-state index contributed by atoms with van der Waals surface area (Å²) in [5.41, 5.74) is 2.59. The lowest BCUT2D eigenvalue weighted by Crippen LogP contribution is -2.34. The lowest BCUT2D eigenvalue weighted by molar-refractivity contribution is 0.0239. The van der Waals surface area contributed by atoms with Crippen LogP contribution in [0.5, 0.6) is 11.5 Å². The molecule has 1 heterocycles. The van der Waals surface area contributed by atoms with Gasteiger partial charge in [-0.25, -0.2) is 9.59 Å². The minimum absolute atomic E-state index is 0.0397. The van der Waals surface area contributed by atoms with Crippen LogP contribution in [-0.4, -0.2) is 27.3 Å². The molecule has 6 heteroatoms. The second kappa shape index (κ2) is 6.87. The molecule has 3 aromatic rings. The van der Waals surface area contributed by atoms with Crippen molar-refractivity contribution in [2.75, 3.05) is 0 Å². The minimum Gasteiger partial charge on any atom is -0.508 e. The number of ether oxygens (including phenoxy) is 1. The molecule has 3 aromatic carbocycles. The van der Waals surface area contributed by atoms with Crippen LogP contribution in [0.4, 0.5) is 0 Å². The maximum absolute atomic E-state index is 13.1. The predicted molar refractivity (Wildman–Crippen MR) is 114 cm³/mol. The van der Waals surface area contributed by atoms with Gasteiger partial charge in [-0.15, -0.1) is 0 Å². The Hall–Kier alpha value is -3.80. The molecule has 0 unspecified atom stereocenters. The van der Waals surface area contributed by atoms with Crippen LogP contribution in [0.2, 0.25) is 0 Å². The van der Waals surface area contributed by atoms with E-state index in [9.17, 15) is 24.9 Å². The highest BCUT2D eigenvalue weighted by Gasteiger charge is 2.53. The van der Waals surface area contributed by atoms with E-state index in [1.54, 1.807) is 58.0 Å². The van der Waals surface area contributed by atoms with Crippen LogP contribution in [0, 0.1) is 27.7 Å². The van der Waals surface area contributed by atoms with Crippen molar-refractivity contribution in [3.63, 3.8) is 0 Å². The van der Waals surface area contributed by atoms with Crippen LogP contribution in [-0.2, 0) is 10.3 Å². The summed E-state index contributed by atoms with van der Waals surface area (Å²) in [6, 6.07) is 10.8. The van der Waals surface area contributed by atoms with Crippen LogP contribution < -0.4 is 0 Å². The average Bonchev–Trinajstić information content (AvgIpc) is 2.93. The normalized spacial score (nSPS) is 14.3. The van der Waals surface area contributed by atoms with Crippen molar-refractivity contribution in [3.05, 3.63) is 92.5 Å². The third-order valence-electron chi connectivity index (χ3n) is 5.85. The summed E-state index contributed by atoms with van der Waals surface area (Å²) >= 11 is 0. The van der Waals surface area contributed by atoms with E-state index in [2.05, 4.69) is 0 Å². The molecule has 0 radical (unpaired) electrons. The molecule has 0 saturated heterocycles. The number of carboxylic acids is 1. The molecule has 0 spiro atoms. The van der Waals surface area contributed by atoms with Gasteiger partial charge in [0.15, 0.2) is 5.60 Å².